The Bertz CT molecular complexity index is 731. The third-order valence-corrected chi connectivity index (χ3v) is 4.26. The van der Waals surface area contributed by atoms with Gasteiger partial charge >= 0.3 is 11.1 Å². The molecule has 0 aliphatic carbocycles. The minimum absolute atomic E-state index is 0. The molecule has 9 nitrogen and oxygen atoms in total. The van der Waals surface area contributed by atoms with Crippen LogP contribution in [0.15, 0.2) is 71.0 Å². The third kappa shape index (κ3) is 5.06. The number of nitrogens with two attached hydrogens (primary N) is 2. The minimum atomic E-state index is -3.18. The van der Waals surface area contributed by atoms with Crippen LogP contribution in [0.25, 0.3) is 0 Å². The molecule has 0 aliphatic rings. The normalized spacial score (nSPS) is 16.0. The predicted molar refractivity (Wildman–Crippen MR) is 98.6 cm³/mol. The number of hydrogen-bond donors (Lipinski definition) is 4. The van der Waals surface area contributed by atoms with E-state index in [1.807, 2.05) is 0 Å². The van der Waals surface area contributed by atoms with Crippen molar-refractivity contribution in [3.05, 3.63) is 71.8 Å². The summed E-state index contributed by atoms with van der Waals surface area (Å²) in [6, 6.07) is 17.1. The number of nitrogens with zero attached hydrogens (tertiary/aromatic N) is 2. The summed E-state index contributed by atoms with van der Waals surface area (Å²) in [5.74, 6) is -0.587. The molecule has 0 amide bonds. The van der Waals surface area contributed by atoms with E-state index in [0.717, 1.165) is 0 Å². The largest absolute Gasteiger partial charge is 1.00 e. The van der Waals surface area contributed by atoms with E-state index in [9.17, 15) is 4.57 Å². The first-order chi connectivity index (χ1) is 12.6. The molecule has 0 fully saturated rings. The minimum Gasteiger partial charge on any atom is -0.409 e. The van der Waals surface area contributed by atoms with Crippen LogP contribution >= 0.6 is 8.25 Å². The number of oxime groups is 2. The molecule has 0 bridgehead atoms. The van der Waals surface area contributed by atoms with E-state index < -0.39 is 20.5 Å². The first-order valence-corrected chi connectivity index (χ1v) is 8.71. The fourth-order valence-corrected chi connectivity index (χ4v) is 3.13. The van der Waals surface area contributed by atoms with Gasteiger partial charge in [0, 0.05) is 0 Å². The van der Waals surface area contributed by atoms with E-state index in [-0.39, 0.29) is 14.5 Å². The molecule has 138 valence electrons. The molecule has 2 rings (SSSR count). The maximum Gasteiger partial charge on any atom is 1.00 e. The summed E-state index contributed by atoms with van der Waals surface area (Å²) < 4.78 is 23.1. The van der Waals surface area contributed by atoms with Crippen LogP contribution in [0, 0.1) is 0 Å². The van der Waals surface area contributed by atoms with Crippen molar-refractivity contribution in [2.45, 2.75) is 12.2 Å². The lowest BCUT2D eigenvalue weighted by Gasteiger charge is -2.20. The van der Waals surface area contributed by atoms with Crippen molar-refractivity contribution in [2.75, 3.05) is 0 Å². The Morgan fingerprint density at radius 2 is 1.19 bits per heavy atom. The second kappa shape index (κ2) is 9.57. The Balaban J connectivity index is 0.00000364. The summed E-state index contributed by atoms with van der Waals surface area (Å²) in [7, 11) is -3.18. The van der Waals surface area contributed by atoms with Crippen LogP contribution in [0.2, 0.25) is 0 Å². The van der Waals surface area contributed by atoms with Gasteiger partial charge in [-0.3, -0.25) is 13.6 Å². The Morgan fingerprint density at radius 1 is 0.846 bits per heavy atom. The first kappa shape index (κ1) is 19.5. The van der Waals surface area contributed by atoms with Crippen molar-refractivity contribution in [2.24, 2.45) is 21.8 Å². The Kier molecular flexibility index (Phi) is 7.16. The van der Waals surface area contributed by atoms with Crippen LogP contribution < -0.4 is 11.5 Å². The Labute approximate surface area is 153 Å². The van der Waals surface area contributed by atoms with Crippen LogP contribution in [-0.2, 0) is 13.6 Å². The van der Waals surface area contributed by atoms with Gasteiger partial charge in [-0.15, -0.1) is 0 Å². The lowest BCUT2D eigenvalue weighted by Crippen LogP contribution is -2.25. The average molecular weight is 380 g/mol. The maximum atomic E-state index is 12.4. The number of benzene rings is 2. The Hall–Kier alpha value is -2.87. The maximum absolute atomic E-state index is 12.4. The van der Waals surface area contributed by atoms with E-state index in [1.165, 1.54) is 0 Å². The van der Waals surface area contributed by atoms with Crippen LogP contribution in [0.5, 0.6) is 0 Å². The van der Waals surface area contributed by atoms with Crippen molar-refractivity contribution < 1.29 is 26.9 Å². The van der Waals surface area contributed by atoms with Gasteiger partial charge in [0.25, 0.3) is 0 Å². The molecule has 0 saturated heterocycles. The molecule has 2 aromatic rings. The molecule has 0 spiro atoms. The van der Waals surface area contributed by atoms with Gasteiger partial charge in [-0.05, 0) is 11.1 Å². The van der Waals surface area contributed by atoms with Gasteiger partial charge in [-0.2, -0.15) is 0 Å². The van der Waals surface area contributed by atoms with Crippen LogP contribution in [0.1, 0.15) is 26.2 Å². The average Bonchev–Trinajstić information content (AvgIpc) is 2.70. The number of hydrogen-bond acceptors (Lipinski definition) is 7. The van der Waals surface area contributed by atoms with E-state index in [0.29, 0.717) is 11.1 Å². The number of rotatable bonds is 8. The molecule has 0 saturated carbocycles. The van der Waals surface area contributed by atoms with Gasteiger partial charge in [0.15, 0.2) is 23.9 Å². The van der Waals surface area contributed by atoms with Crippen molar-refractivity contribution in [1.29, 1.82) is 0 Å². The monoisotopic (exact) mass is 380 g/mol. The third-order valence-electron chi connectivity index (χ3n) is 3.40. The lowest BCUT2D eigenvalue weighted by molar-refractivity contribution is 0.178. The molecule has 0 heterocycles. The van der Waals surface area contributed by atoms with Gasteiger partial charge in [-0.25, -0.2) is 0 Å². The van der Waals surface area contributed by atoms with E-state index in [4.69, 9.17) is 30.9 Å². The highest BCUT2D eigenvalue weighted by Gasteiger charge is 2.25. The van der Waals surface area contributed by atoms with E-state index in [1.54, 1.807) is 60.7 Å². The van der Waals surface area contributed by atoms with Crippen LogP contribution in [0.3, 0.4) is 0 Å². The summed E-state index contributed by atoms with van der Waals surface area (Å²) in [5, 5.41) is 23.7. The zero-order valence-electron chi connectivity index (χ0n) is 15.6. The summed E-state index contributed by atoms with van der Waals surface area (Å²) in [4.78, 5) is 0. The van der Waals surface area contributed by atoms with Gasteiger partial charge in [-0.1, -0.05) is 71.0 Å². The quantitative estimate of drug-likeness (QED) is 0.180. The summed E-state index contributed by atoms with van der Waals surface area (Å²) in [6.07, 6.45) is -2.17. The Morgan fingerprint density at radius 3 is 1.50 bits per heavy atom. The highest BCUT2D eigenvalue weighted by atomic mass is 31.1. The molecule has 10 heteroatoms. The van der Waals surface area contributed by atoms with Crippen molar-refractivity contribution in [3.8, 4) is 0 Å². The zero-order valence-corrected chi connectivity index (χ0v) is 14.6. The molecule has 2 aromatic carbocycles. The molecular formula is C16H21N4O5P+2. The summed E-state index contributed by atoms with van der Waals surface area (Å²) in [5.41, 5.74) is 12.3. The summed E-state index contributed by atoms with van der Waals surface area (Å²) >= 11 is 0. The SMILES string of the molecule is NC(=NO)C(O[PH](=O)OC(C(N)=NO)c1ccccc1)c1ccccc1.[H+].[H+]. The molecule has 0 aliphatic heterocycles. The highest BCUT2D eigenvalue weighted by molar-refractivity contribution is 7.33. The zero-order chi connectivity index (χ0) is 18.9. The fraction of sp³-hybridized carbons (Fsp3) is 0.125. The van der Waals surface area contributed by atoms with Gasteiger partial charge < -0.3 is 21.9 Å². The summed E-state index contributed by atoms with van der Waals surface area (Å²) in [6.45, 7) is 0. The van der Waals surface area contributed by atoms with Crippen molar-refractivity contribution in [3.63, 3.8) is 0 Å². The van der Waals surface area contributed by atoms with E-state index in [2.05, 4.69) is 10.3 Å². The lowest BCUT2D eigenvalue weighted by atomic mass is 10.1. The second-order valence-electron chi connectivity index (χ2n) is 5.12. The molecule has 26 heavy (non-hydrogen) atoms. The van der Waals surface area contributed by atoms with Crippen molar-refractivity contribution in [1.82, 2.24) is 0 Å². The van der Waals surface area contributed by atoms with Crippen molar-refractivity contribution >= 4 is 19.9 Å². The standard InChI is InChI=1S/C16H19N4O5P/c17-15(19-21)13(11-7-3-1-4-8-11)24-26(23)25-14(16(18)20-22)12-9-5-2-6-10-12/h1-10,13-14,21-22,26H,(H2,17,19)(H2,18,20)/p+2. The predicted octanol–water partition coefficient (Wildman–Crippen LogP) is 2.61. The van der Waals surface area contributed by atoms with E-state index >= 15 is 0 Å². The smallest absolute Gasteiger partial charge is 0.409 e. The fourth-order valence-electron chi connectivity index (χ4n) is 2.18. The molecule has 2 atom stereocenters. The highest BCUT2D eigenvalue weighted by Crippen LogP contribution is 2.38. The van der Waals surface area contributed by atoms with Crippen LogP contribution in [-0.4, -0.2) is 22.1 Å². The molecule has 6 N–H and O–H groups in total. The first-order valence-electron chi connectivity index (χ1n) is 7.48. The second-order valence-corrected chi connectivity index (χ2v) is 6.09. The topological polar surface area (TPSA) is 153 Å². The van der Waals surface area contributed by atoms with Gasteiger partial charge in [0.2, 0.25) is 0 Å². The number of amidine groups is 2. The van der Waals surface area contributed by atoms with Crippen LogP contribution in [0.4, 0.5) is 0 Å². The van der Waals surface area contributed by atoms with Gasteiger partial charge in [0.1, 0.15) is 0 Å². The molecule has 2 unspecified atom stereocenters. The molecule has 0 radical (unpaired) electrons. The van der Waals surface area contributed by atoms with Gasteiger partial charge in [0.05, 0.1) is 0 Å². The molecule has 0 aromatic heterocycles. The molecular weight excluding hydrogens is 359 g/mol.